The number of nitrogens with one attached hydrogen (secondary N) is 12. The Kier molecular flexibility index (Phi) is 34.0. The SMILES string of the molecule is C=N.CCN(CCNC(=O)NC)c1ccc2c(-c3ccccc3C(=O)O)c3ccc(=[N+](CC)CCNC(=O)NC)cc-3oc2c1.CCN(CCNC(=O)NC)c1ccc2c(-c3ccccc3C(=O)[O-])c3ccc(=[N+](CC)CCNC(=O)NC)cc-3oc2c1.CCN(CCNC(=O)NC)c1ccc2c(c1)Oc1cc(N(CC)CC(=O)NC)ccc1C21OC(=O)c2ccccc21. The van der Waals surface area contributed by atoms with Crippen molar-refractivity contribution in [1.29, 1.82) is 5.41 Å². The van der Waals surface area contributed by atoms with E-state index in [1.807, 2.05) is 192 Å². The van der Waals surface area contributed by atoms with E-state index in [0.717, 1.165) is 83.2 Å². The van der Waals surface area contributed by atoms with Crippen molar-refractivity contribution >= 4 is 105 Å². The number of fused-ring (bicyclic) bond motifs is 10. The molecular formula is C96H115N18O15+. The first-order valence-electron chi connectivity index (χ1n) is 42.9. The van der Waals surface area contributed by atoms with Gasteiger partial charge in [0.2, 0.25) is 16.6 Å². The lowest BCUT2D eigenvalue weighted by atomic mass is 9.77. The highest BCUT2D eigenvalue weighted by Crippen LogP contribution is 2.57. The van der Waals surface area contributed by atoms with Gasteiger partial charge in [-0.05, 0) is 132 Å². The van der Waals surface area contributed by atoms with Gasteiger partial charge in [-0.3, -0.25) is 4.79 Å². The molecular weight excluding hydrogens is 1650 g/mol. The molecule has 0 bridgehead atoms. The molecule has 0 aromatic heterocycles. The molecule has 33 heteroatoms. The minimum Gasteiger partial charge on any atom is -0.545 e. The van der Waals surface area contributed by atoms with E-state index in [-0.39, 0.29) is 53.7 Å². The summed E-state index contributed by atoms with van der Waals surface area (Å²) in [5.74, 6) is -0.425. The van der Waals surface area contributed by atoms with Gasteiger partial charge < -0.3 is 117 Å². The zero-order chi connectivity index (χ0) is 93.0. The second-order valence-electron chi connectivity index (χ2n) is 29.6. The molecule has 1 atom stereocenters. The number of carboxylic acids is 2. The number of benzene rings is 9. The Hall–Kier alpha value is -15.2. The maximum Gasteiger partial charge on any atom is 0.340 e. The van der Waals surface area contributed by atoms with Crippen LogP contribution < -0.4 is 108 Å². The van der Waals surface area contributed by atoms with Crippen LogP contribution in [0.15, 0.2) is 191 Å². The number of nitrogens with zero attached hydrogens (tertiary/aromatic N) is 6. The molecule has 0 saturated heterocycles. The van der Waals surface area contributed by atoms with Crippen LogP contribution in [-0.4, -0.2) is 219 Å². The number of aromatic carboxylic acids is 2. The number of amides is 11. The molecule has 0 fully saturated rings. The van der Waals surface area contributed by atoms with Crippen LogP contribution in [0.3, 0.4) is 0 Å². The van der Waals surface area contributed by atoms with Crippen molar-refractivity contribution in [3.8, 4) is 56.4 Å². The lowest BCUT2D eigenvalue weighted by molar-refractivity contribution is -0.255. The summed E-state index contributed by atoms with van der Waals surface area (Å²) < 4.78 is 30.2. The fraction of sp³-hybridized carbons (Fsp3) is 0.312. The average Bonchev–Trinajstić information content (AvgIpc) is 1.62. The molecule has 7 aromatic carbocycles. The van der Waals surface area contributed by atoms with Gasteiger partial charge in [0.1, 0.15) is 47.3 Å². The van der Waals surface area contributed by atoms with Crippen molar-refractivity contribution in [3.63, 3.8) is 0 Å². The zero-order valence-corrected chi connectivity index (χ0v) is 74.9. The monoisotopic (exact) mass is 1760 g/mol. The standard InChI is InChI=1S/2C32H38N6O5.C31H35N5O5.CH3N/c2*1-5-37(17-15-35-31(41)33-3)21-11-13-25-27(19-21)43-28-20-22(38(6-2)18-16-36-32(42)34-4)12-14-26(28)29(25)23-9-7-8-10-24(23)30(39)40;1-5-35(16-15-34-30(39)33-4)20-11-13-24-26(17-20)40-27-18-21(36(6-2)19-28(37)32-3)12-14-25(27)31(24)23-10-8-7-9-22(23)29(38)41-31;1-2/h2*7-14,19-20H,5-6,15-18H2,1-4H3,(H4-,33,34,35,36,39,40,41,42);7-14,17-18H,5-6,15-16,19H2,1-4H3,(H,32,37)(H2,33,34,39);2H,1H2/p+1. The molecule has 0 saturated carbocycles. The number of likely N-dealkylation sites (N-methyl/N-ethyl adjacent to an activating group) is 7. The van der Waals surface area contributed by atoms with Gasteiger partial charge in [0.05, 0.1) is 48.9 Å². The van der Waals surface area contributed by atoms with E-state index in [2.05, 4.69) is 89.1 Å². The molecule has 13 rings (SSSR count). The Bertz CT molecular complexity index is 5730. The predicted molar refractivity (Wildman–Crippen MR) is 502 cm³/mol. The fourth-order valence-corrected chi connectivity index (χ4v) is 15.9. The molecule has 2 aliphatic carbocycles. The van der Waals surface area contributed by atoms with Crippen LogP contribution in [0.25, 0.3) is 66.8 Å². The highest BCUT2D eigenvalue weighted by Gasteiger charge is 2.54. The number of hydrogen-bond donors (Lipinski definition) is 13. The minimum atomic E-state index is -1.26. The van der Waals surface area contributed by atoms with E-state index in [1.165, 1.54) is 0 Å². The summed E-state index contributed by atoms with van der Waals surface area (Å²) in [6.45, 7) is 24.3. The van der Waals surface area contributed by atoms with Crippen molar-refractivity contribution < 1.29 is 71.7 Å². The van der Waals surface area contributed by atoms with Crippen LogP contribution >= 0.6 is 0 Å². The fourth-order valence-electron chi connectivity index (χ4n) is 15.9. The average molecular weight is 1760 g/mol. The first-order chi connectivity index (χ1) is 62.5. The van der Waals surface area contributed by atoms with Crippen molar-refractivity contribution in [3.05, 3.63) is 226 Å². The smallest absolute Gasteiger partial charge is 0.340 e. The number of carbonyl (C=O) groups excluding carboxylic acids is 8. The third-order valence-corrected chi connectivity index (χ3v) is 22.5. The maximum absolute atomic E-state index is 13.2. The highest BCUT2D eigenvalue weighted by atomic mass is 16.6. The lowest BCUT2D eigenvalue weighted by Crippen LogP contribution is -2.40. The molecule has 13 N–H and O–H groups in total. The van der Waals surface area contributed by atoms with Gasteiger partial charge in [-0.25, -0.2) is 42.7 Å². The molecule has 7 aromatic rings. The summed E-state index contributed by atoms with van der Waals surface area (Å²) in [6, 6.07) is 55.3. The van der Waals surface area contributed by atoms with Gasteiger partial charge in [-0.15, -0.1) is 0 Å². The number of ether oxygens (including phenoxy) is 2. The summed E-state index contributed by atoms with van der Waals surface area (Å²) in [7, 11) is 9.50. The minimum absolute atomic E-state index is 0.0929. The van der Waals surface area contributed by atoms with Gasteiger partial charge in [0.15, 0.2) is 18.7 Å². The summed E-state index contributed by atoms with van der Waals surface area (Å²) >= 11 is 0. The maximum atomic E-state index is 13.2. The van der Waals surface area contributed by atoms with Gasteiger partial charge in [0.25, 0.3) is 0 Å². The molecule has 678 valence electrons. The molecule has 1 spiro atoms. The number of carboxylic acid groups (broad SMARTS) is 2. The van der Waals surface area contributed by atoms with Crippen molar-refractivity contribution in [1.82, 2.24) is 67.6 Å². The van der Waals surface area contributed by atoms with E-state index in [4.69, 9.17) is 23.7 Å². The summed E-state index contributed by atoms with van der Waals surface area (Å²) in [4.78, 5) is 116. The second kappa shape index (κ2) is 45.6. The first kappa shape index (κ1) is 96.0. The van der Waals surface area contributed by atoms with E-state index < -0.39 is 23.5 Å². The van der Waals surface area contributed by atoms with Crippen LogP contribution in [0, 0.1) is 5.41 Å². The van der Waals surface area contributed by atoms with Gasteiger partial charge in [-0.2, -0.15) is 0 Å². The molecule has 1 unspecified atom stereocenters. The van der Waals surface area contributed by atoms with E-state index in [1.54, 1.807) is 78.7 Å². The van der Waals surface area contributed by atoms with E-state index in [0.29, 0.717) is 156 Å². The van der Waals surface area contributed by atoms with Crippen molar-refractivity contribution in [2.45, 2.75) is 47.1 Å². The van der Waals surface area contributed by atoms with Crippen LogP contribution in [0.1, 0.15) is 89.3 Å². The molecule has 33 nitrogen and oxygen atoms in total. The second-order valence-corrected chi connectivity index (χ2v) is 29.6. The number of esters is 1. The molecule has 4 aliphatic heterocycles. The Balaban J connectivity index is 0.000000199. The van der Waals surface area contributed by atoms with Crippen molar-refractivity contribution in [2.75, 3.05) is 173 Å². The normalized spacial score (nSPS) is 12.9. The third-order valence-electron chi connectivity index (χ3n) is 22.5. The van der Waals surface area contributed by atoms with Crippen LogP contribution in [0.5, 0.6) is 11.5 Å². The molecule has 4 heterocycles. The van der Waals surface area contributed by atoms with E-state index in [9.17, 15) is 53.4 Å². The Morgan fingerprint density at radius 1 is 0.419 bits per heavy atom. The van der Waals surface area contributed by atoms with Crippen LogP contribution in [-0.2, 0) is 15.1 Å². The first-order valence-corrected chi connectivity index (χ1v) is 42.9. The van der Waals surface area contributed by atoms with Gasteiger partial charge >= 0.3 is 42.1 Å². The van der Waals surface area contributed by atoms with E-state index >= 15 is 0 Å². The number of carbonyl (C=O) groups is 9. The molecule has 11 amide bonds. The van der Waals surface area contributed by atoms with Crippen molar-refractivity contribution in [2.24, 2.45) is 0 Å². The number of hydrogen-bond acceptors (Lipinski definition) is 19. The largest absolute Gasteiger partial charge is 0.545 e. The molecule has 6 aliphatic rings. The predicted octanol–water partition coefficient (Wildman–Crippen LogP) is 9.27. The Morgan fingerprint density at radius 2 is 0.791 bits per heavy atom. The zero-order valence-electron chi connectivity index (χ0n) is 74.9. The Morgan fingerprint density at radius 3 is 1.19 bits per heavy atom. The number of urea groups is 5. The molecule has 0 radical (unpaired) electrons. The quantitative estimate of drug-likeness (QED) is 0.00832. The van der Waals surface area contributed by atoms with Gasteiger partial charge in [-0.1, -0.05) is 60.7 Å². The third kappa shape index (κ3) is 22.4. The highest BCUT2D eigenvalue weighted by molar-refractivity contribution is 6.09. The van der Waals surface area contributed by atoms with Gasteiger partial charge in [0, 0.05) is 222 Å². The lowest BCUT2D eigenvalue weighted by Gasteiger charge is -2.38. The Labute approximate surface area is 749 Å². The summed E-state index contributed by atoms with van der Waals surface area (Å²) in [6.07, 6.45) is 0. The number of anilines is 4. The van der Waals surface area contributed by atoms with Crippen LogP contribution in [0.4, 0.5) is 46.7 Å². The van der Waals surface area contributed by atoms with Crippen LogP contribution in [0.2, 0.25) is 0 Å². The summed E-state index contributed by atoms with van der Waals surface area (Å²) in [5, 5.41) is 60.6. The number of rotatable bonds is 31. The molecule has 129 heavy (non-hydrogen) atoms. The topological polar surface area (TPSA) is 417 Å². The summed E-state index contributed by atoms with van der Waals surface area (Å²) in [5.41, 5.74) is 10.8.